The molecule has 2 aliphatic rings. The van der Waals surface area contributed by atoms with Crippen molar-refractivity contribution in [2.24, 2.45) is 17.8 Å². The SMILES string of the molecule is CC1CCCC(CNC(=O)C2CCNCC2)C1. The van der Waals surface area contributed by atoms with Gasteiger partial charge in [-0.05, 0) is 50.6 Å². The highest BCUT2D eigenvalue weighted by molar-refractivity contribution is 5.78. The molecule has 1 aliphatic carbocycles. The lowest BCUT2D eigenvalue weighted by Crippen LogP contribution is -2.40. The van der Waals surface area contributed by atoms with Crippen molar-refractivity contribution < 1.29 is 4.79 Å². The van der Waals surface area contributed by atoms with Crippen LogP contribution in [0.5, 0.6) is 0 Å². The van der Waals surface area contributed by atoms with Gasteiger partial charge in [-0.15, -0.1) is 0 Å². The number of amides is 1. The normalized spacial score (nSPS) is 31.1. The van der Waals surface area contributed by atoms with Crippen molar-refractivity contribution in [2.75, 3.05) is 19.6 Å². The van der Waals surface area contributed by atoms with Crippen molar-refractivity contribution in [1.82, 2.24) is 10.6 Å². The van der Waals surface area contributed by atoms with Crippen molar-refractivity contribution >= 4 is 5.91 Å². The van der Waals surface area contributed by atoms with Gasteiger partial charge in [-0.25, -0.2) is 0 Å². The van der Waals surface area contributed by atoms with Crippen molar-refractivity contribution in [3.05, 3.63) is 0 Å². The molecule has 98 valence electrons. The maximum Gasteiger partial charge on any atom is 0.223 e. The van der Waals surface area contributed by atoms with E-state index in [1.165, 1.54) is 25.7 Å². The van der Waals surface area contributed by atoms with E-state index in [1.54, 1.807) is 0 Å². The van der Waals surface area contributed by atoms with Crippen LogP contribution in [0.2, 0.25) is 0 Å². The van der Waals surface area contributed by atoms with Gasteiger partial charge in [0.1, 0.15) is 0 Å². The Morgan fingerprint density at radius 3 is 2.71 bits per heavy atom. The summed E-state index contributed by atoms with van der Waals surface area (Å²) in [6.45, 7) is 5.24. The fraction of sp³-hybridized carbons (Fsp3) is 0.929. The predicted octanol–water partition coefficient (Wildman–Crippen LogP) is 1.93. The summed E-state index contributed by atoms with van der Waals surface area (Å²) in [6, 6.07) is 0. The molecule has 2 fully saturated rings. The number of piperidine rings is 1. The molecule has 1 saturated heterocycles. The molecule has 1 saturated carbocycles. The van der Waals surface area contributed by atoms with Crippen molar-refractivity contribution in [2.45, 2.75) is 45.4 Å². The van der Waals surface area contributed by atoms with Crippen LogP contribution < -0.4 is 10.6 Å². The topological polar surface area (TPSA) is 41.1 Å². The lowest BCUT2D eigenvalue weighted by molar-refractivity contribution is -0.126. The maximum atomic E-state index is 12.0. The standard InChI is InChI=1S/C14H26N2O/c1-11-3-2-4-12(9-11)10-16-14(17)13-5-7-15-8-6-13/h11-13,15H,2-10H2,1H3,(H,16,17). The Hall–Kier alpha value is -0.570. The summed E-state index contributed by atoms with van der Waals surface area (Å²) in [4.78, 5) is 12.0. The molecule has 2 atom stereocenters. The third kappa shape index (κ3) is 3.98. The number of hydrogen-bond acceptors (Lipinski definition) is 2. The Kier molecular flexibility index (Phi) is 4.84. The molecule has 0 aromatic heterocycles. The summed E-state index contributed by atoms with van der Waals surface area (Å²) in [5, 5.41) is 6.48. The molecule has 3 nitrogen and oxygen atoms in total. The highest BCUT2D eigenvalue weighted by Gasteiger charge is 2.23. The van der Waals surface area contributed by atoms with Gasteiger partial charge in [-0.2, -0.15) is 0 Å². The van der Waals surface area contributed by atoms with E-state index in [4.69, 9.17) is 0 Å². The van der Waals surface area contributed by atoms with E-state index < -0.39 is 0 Å². The Labute approximate surface area is 105 Å². The monoisotopic (exact) mass is 238 g/mol. The first-order valence-corrected chi connectivity index (χ1v) is 7.24. The molecule has 0 aromatic rings. The maximum absolute atomic E-state index is 12.0. The molecule has 2 N–H and O–H groups in total. The fourth-order valence-corrected chi connectivity index (χ4v) is 3.22. The van der Waals surface area contributed by atoms with Crippen LogP contribution in [0.15, 0.2) is 0 Å². The Balaban J connectivity index is 1.68. The van der Waals surface area contributed by atoms with E-state index in [0.717, 1.165) is 44.3 Å². The Morgan fingerprint density at radius 2 is 2.00 bits per heavy atom. The van der Waals surface area contributed by atoms with Crippen LogP contribution in [-0.4, -0.2) is 25.5 Å². The predicted molar refractivity (Wildman–Crippen MR) is 69.7 cm³/mol. The first kappa shape index (κ1) is 12.9. The number of carbonyl (C=O) groups excluding carboxylic acids is 1. The van der Waals surface area contributed by atoms with Crippen LogP contribution >= 0.6 is 0 Å². The highest BCUT2D eigenvalue weighted by Crippen LogP contribution is 2.28. The molecule has 2 rings (SSSR count). The van der Waals surface area contributed by atoms with Crippen molar-refractivity contribution in [3.63, 3.8) is 0 Å². The second-order valence-electron chi connectivity index (χ2n) is 5.91. The molecule has 0 radical (unpaired) electrons. The van der Waals surface area contributed by atoms with Gasteiger partial charge in [0, 0.05) is 12.5 Å². The zero-order chi connectivity index (χ0) is 12.1. The molecule has 1 amide bonds. The molecular weight excluding hydrogens is 212 g/mol. The van der Waals surface area contributed by atoms with Crippen molar-refractivity contribution in [3.8, 4) is 0 Å². The summed E-state index contributed by atoms with van der Waals surface area (Å²) >= 11 is 0. The van der Waals surface area contributed by atoms with E-state index in [2.05, 4.69) is 17.6 Å². The minimum Gasteiger partial charge on any atom is -0.356 e. The first-order chi connectivity index (χ1) is 8.25. The molecule has 0 bridgehead atoms. The third-order valence-electron chi connectivity index (χ3n) is 4.32. The smallest absolute Gasteiger partial charge is 0.223 e. The fourth-order valence-electron chi connectivity index (χ4n) is 3.22. The van der Waals surface area contributed by atoms with Crippen LogP contribution in [0.3, 0.4) is 0 Å². The number of nitrogens with one attached hydrogen (secondary N) is 2. The van der Waals surface area contributed by atoms with Crippen LogP contribution in [0, 0.1) is 17.8 Å². The van der Waals surface area contributed by atoms with E-state index in [-0.39, 0.29) is 5.92 Å². The van der Waals surface area contributed by atoms with E-state index in [1.807, 2.05) is 0 Å². The third-order valence-corrected chi connectivity index (χ3v) is 4.32. The minimum absolute atomic E-state index is 0.261. The lowest BCUT2D eigenvalue weighted by atomic mass is 9.82. The zero-order valence-corrected chi connectivity index (χ0v) is 11.0. The van der Waals surface area contributed by atoms with Gasteiger partial charge < -0.3 is 10.6 Å². The van der Waals surface area contributed by atoms with Crippen LogP contribution in [-0.2, 0) is 4.79 Å². The average molecular weight is 238 g/mol. The molecule has 1 heterocycles. The zero-order valence-electron chi connectivity index (χ0n) is 11.0. The van der Waals surface area contributed by atoms with Crippen LogP contribution in [0.4, 0.5) is 0 Å². The minimum atomic E-state index is 0.261. The summed E-state index contributed by atoms with van der Waals surface area (Å²) in [5.74, 6) is 2.14. The molecule has 17 heavy (non-hydrogen) atoms. The molecular formula is C14H26N2O. The van der Waals surface area contributed by atoms with Gasteiger partial charge in [-0.1, -0.05) is 19.8 Å². The largest absolute Gasteiger partial charge is 0.356 e. The lowest BCUT2D eigenvalue weighted by Gasteiger charge is -2.28. The molecule has 1 aliphatic heterocycles. The van der Waals surface area contributed by atoms with Gasteiger partial charge in [0.05, 0.1) is 0 Å². The second-order valence-corrected chi connectivity index (χ2v) is 5.91. The summed E-state index contributed by atoms with van der Waals surface area (Å²) in [7, 11) is 0. The number of rotatable bonds is 3. The van der Waals surface area contributed by atoms with Gasteiger partial charge in [0.15, 0.2) is 0 Å². The second kappa shape index (κ2) is 6.39. The van der Waals surface area contributed by atoms with Crippen LogP contribution in [0.25, 0.3) is 0 Å². The summed E-state index contributed by atoms with van der Waals surface area (Å²) in [5.41, 5.74) is 0. The molecule has 2 unspecified atom stereocenters. The van der Waals surface area contributed by atoms with Gasteiger partial charge in [0.25, 0.3) is 0 Å². The summed E-state index contributed by atoms with van der Waals surface area (Å²) in [6.07, 6.45) is 7.33. The van der Waals surface area contributed by atoms with Gasteiger partial charge in [0.2, 0.25) is 5.91 Å². The number of hydrogen-bond donors (Lipinski definition) is 2. The number of carbonyl (C=O) groups is 1. The highest BCUT2D eigenvalue weighted by atomic mass is 16.1. The first-order valence-electron chi connectivity index (χ1n) is 7.24. The van der Waals surface area contributed by atoms with E-state index in [0.29, 0.717) is 5.91 Å². The molecule has 3 heteroatoms. The van der Waals surface area contributed by atoms with Gasteiger partial charge in [-0.3, -0.25) is 4.79 Å². The Bertz CT molecular complexity index is 249. The Morgan fingerprint density at radius 1 is 1.24 bits per heavy atom. The average Bonchev–Trinajstić information content (AvgIpc) is 2.37. The van der Waals surface area contributed by atoms with Gasteiger partial charge >= 0.3 is 0 Å². The quantitative estimate of drug-likeness (QED) is 0.789. The van der Waals surface area contributed by atoms with E-state index in [9.17, 15) is 4.79 Å². The molecule has 0 spiro atoms. The van der Waals surface area contributed by atoms with Crippen molar-refractivity contribution in [1.29, 1.82) is 0 Å². The molecule has 0 aromatic carbocycles. The summed E-state index contributed by atoms with van der Waals surface area (Å²) < 4.78 is 0. The van der Waals surface area contributed by atoms with Crippen LogP contribution in [0.1, 0.15) is 45.4 Å². The van der Waals surface area contributed by atoms with E-state index >= 15 is 0 Å².